The zero-order chi connectivity index (χ0) is 13.9. The van der Waals surface area contributed by atoms with Gasteiger partial charge in [-0.3, -0.25) is 0 Å². The Morgan fingerprint density at radius 1 is 1.45 bits per heavy atom. The van der Waals surface area contributed by atoms with E-state index in [4.69, 9.17) is 16.3 Å². The second-order valence-corrected chi connectivity index (χ2v) is 5.24. The minimum atomic E-state index is 0.498. The third kappa shape index (κ3) is 2.91. The van der Waals surface area contributed by atoms with Gasteiger partial charge in [0.1, 0.15) is 5.75 Å². The molecule has 1 aromatic heterocycles. The van der Waals surface area contributed by atoms with E-state index >= 15 is 0 Å². The number of hydrogen-bond acceptors (Lipinski definition) is 5. The molecule has 0 atom stereocenters. The van der Waals surface area contributed by atoms with Crippen molar-refractivity contribution in [3.8, 4) is 5.75 Å². The van der Waals surface area contributed by atoms with Crippen molar-refractivity contribution in [3.63, 3.8) is 0 Å². The number of halogens is 1. The van der Waals surface area contributed by atoms with Gasteiger partial charge in [0, 0.05) is 16.6 Å². The van der Waals surface area contributed by atoms with Crippen LogP contribution in [-0.4, -0.2) is 33.4 Å². The van der Waals surface area contributed by atoms with Crippen molar-refractivity contribution in [1.29, 1.82) is 0 Å². The standard InChI is InChI=1S/C13H16ClN5O/c1-20-12-4-2-3-11(14)10(12)8-19-13(16-17-18-19)7-15-9-5-6-9/h2-4,9,15H,5-8H2,1H3. The van der Waals surface area contributed by atoms with Crippen molar-refractivity contribution in [2.45, 2.75) is 32.0 Å². The molecule has 0 saturated heterocycles. The van der Waals surface area contributed by atoms with Crippen molar-refractivity contribution >= 4 is 11.6 Å². The molecule has 1 fully saturated rings. The number of nitrogens with zero attached hydrogens (tertiary/aromatic N) is 4. The first-order chi connectivity index (χ1) is 9.78. The number of rotatable bonds is 6. The summed E-state index contributed by atoms with van der Waals surface area (Å²) in [5.74, 6) is 1.55. The van der Waals surface area contributed by atoms with Gasteiger partial charge in [0.05, 0.1) is 20.2 Å². The highest BCUT2D eigenvalue weighted by Gasteiger charge is 2.21. The smallest absolute Gasteiger partial charge is 0.165 e. The second-order valence-electron chi connectivity index (χ2n) is 4.83. The lowest BCUT2D eigenvalue weighted by Crippen LogP contribution is -2.20. The average molecular weight is 294 g/mol. The molecular weight excluding hydrogens is 278 g/mol. The number of benzene rings is 1. The molecule has 106 valence electrons. The Labute approximate surface area is 122 Å². The predicted octanol–water partition coefficient (Wildman–Crippen LogP) is 1.64. The van der Waals surface area contributed by atoms with E-state index in [9.17, 15) is 0 Å². The first-order valence-electron chi connectivity index (χ1n) is 6.57. The number of tetrazole rings is 1. The fraction of sp³-hybridized carbons (Fsp3) is 0.462. The average Bonchev–Trinajstić information content (AvgIpc) is 3.18. The molecule has 6 nitrogen and oxygen atoms in total. The topological polar surface area (TPSA) is 64.9 Å². The van der Waals surface area contributed by atoms with Gasteiger partial charge in [0.15, 0.2) is 5.82 Å². The molecular formula is C13H16ClN5O. The normalized spacial score (nSPS) is 14.5. The number of ether oxygens (including phenoxy) is 1. The van der Waals surface area contributed by atoms with E-state index in [-0.39, 0.29) is 0 Å². The van der Waals surface area contributed by atoms with Crippen molar-refractivity contribution < 1.29 is 4.74 Å². The van der Waals surface area contributed by atoms with E-state index in [1.165, 1.54) is 12.8 Å². The quantitative estimate of drug-likeness (QED) is 0.877. The van der Waals surface area contributed by atoms with Crippen LogP contribution in [0.25, 0.3) is 0 Å². The van der Waals surface area contributed by atoms with Crippen LogP contribution in [-0.2, 0) is 13.1 Å². The maximum absolute atomic E-state index is 6.24. The minimum absolute atomic E-state index is 0.498. The summed E-state index contributed by atoms with van der Waals surface area (Å²) in [5, 5.41) is 15.9. The van der Waals surface area contributed by atoms with Crippen LogP contribution in [0.2, 0.25) is 5.02 Å². The summed E-state index contributed by atoms with van der Waals surface area (Å²) in [6, 6.07) is 6.20. The van der Waals surface area contributed by atoms with Crippen LogP contribution in [0.3, 0.4) is 0 Å². The Bertz CT molecular complexity index is 596. The van der Waals surface area contributed by atoms with E-state index in [0.717, 1.165) is 17.1 Å². The maximum Gasteiger partial charge on any atom is 0.165 e. The van der Waals surface area contributed by atoms with Crippen molar-refractivity contribution in [3.05, 3.63) is 34.6 Å². The molecule has 20 heavy (non-hydrogen) atoms. The van der Waals surface area contributed by atoms with Crippen LogP contribution in [0, 0.1) is 0 Å². The molecule has 1 saturated carbocycles. The Morgan fingerprint density at radius 3 is 3.05 bits per heavy atom. The third-order valence-electron chi connectivity index (χ3n) is 3.34. The van der Waals surface area contributed by atoms with Gasteiger partial charge in [-0.1, -0.05) is 17.7 Å². The van der Waals surface area contributed by atoms with Gasteiger partial charge in [-0.15, -0.1) is 5.10 Å². The lowest BCUT2D eigenvalue weighted by molar-refractivity contribution is 0.406. The summed E-state index contributed by atoms with van der Waals surface area (Å²) < 4.78 is 7.09. The van der Waals surface area contributed by atoms with Crippen molar-refractivity contribution in [1.82, 2.24) is 25.5 Å². The molecule has 7 heteroatoms. The summed E-state index contributed by atoms with van der Waals surface area (Å²) in [6.45, 7) is 1.17. The van der Waals surface area contributed by atoms with Crippen LogP contribution >= 0.6 is 11.6 Å². The highest BCUT2D eigenvalue weighted by Crippen LogP contribution is 2.27. The first-order valence-corrected chi connectivity index (χ1v) is 6.95. The number of aromatic nitrogens is 4. The van der Waals surface area contributed by atoms with E-state index in [1.807, 2.05) is 18.2 Å². The van der Waals surface area contributed by atoms with Crippen LogP contribution in [0.15, 0.2) is 18.2 Å². The van der Waals surface area contributed by atoms with E-state index < -0.39 is 0 Å². The molecule has 1 N–H and O–H groups in total. The summed E-state index contributed by atoms with van der Waals surface area (Å²) in [6.07, 6.45) is 2.47. The molecule has 1 aliphatic carbocycles. The van der Waals surface area contributed by atoms with E-state index in [1.54, 1.807) is 11.8 Å². The molecule has 3 rings (SSSR count). The van der Waals surface area contributed by atoms with Gasteiger partial charge in [-0.05, 0) is 35.4 Å². The SMILES string of the molecule is COc1cccc(Cl)c1Cn1nnnc1CNC1CC1. The molecule has 0 unspecified atom stereocenters. The lowest BCUT2D eigenvalue weighted by Gasteiger charge is -2.11. The fourth-order valence-corrected chi connectivity index (χ4v) is 2.25. The molecule has 0 amide bonds. The highest BCUT2D eigenvalue weighted by atomic mass is 35.5. The van der Waals surface area contributed by atoms with Gasteiger partial charge >= 0.3 is 0 Å². The Hall–Kier alpha value is -1.66. The first kappa shape index (κ1) is 13.3. The summed E-state index contributed by atoms with van der Waals surface area (Å²) in [7, 11) is 1.63. The largest absolute Gasteiger partial charge is 0.496 e. The zero-order valence-corrected chi connectivity index (χ0v) is 12.0. The van der Waals surface area contributed by atoms with Gasteiger partial charge in [-0.25, -0.2) is 4.68 Å². The molecule has 2 aromatic rings. The molecule has 1 aromatic carbocycles. The van der Waals surface area contributed by atoms with Crippen LogP contribution in [0.1, 0.15) is 24.2 Å². The molecule has 0 spiro atoms. The Kier molecular flexibility index (Phi) is 3.84. The second kappa shape index (κ2) is 5.76. The summed E-state index contributed by atoms with van der Waals surface area (Å²) >= 11 is 6.24. The maximum atomic E-state index is 6.24. The monoisotopic (exact) mass is 293 g/mol. The van der Waals surface area contributed by atoms with Gasteiger partial charge < -0.3 is 10.1 Å². The van der Waals surface area contributed by atoms with E-state index in [2.05, 4.69) is 20.8 Å². The molecule has 0 radical (unpaired) electrons. The highest BCUT2D eigenvalue weighted by molar-refractivity contribution is 6.31. The summed E-state index contributed by atoms with van der Waals surface area (Å²) in [5.41, 5.74) is 0.886. The lowest BCUT2D eigenvalue weighted by atomic mass is 10.2. The molecule has 0 bridgehead atoms. The fourth-order valence-electron chi connectivity index (χ4n) is 2.03. The van der Waals surface area contributed by atoms with Crippen LogP contribution in [0.5, 0.6) is 5.75 Å². The van der Waals surface area contributed by atoms with Gasteiger partial charge in [0.2, 0.25) is 0 Å². The number of methoxy groups -OCH3 is 1. The number of nitrogens with one attached hydrogen (secondary N) is 1. The van der Waals surface area contributed by atoms with Crippen LogP contribution < -0.4 is 10.1 Å². The number of hydrogen-bond donors (Lipinski definition) is 1. The molecule has 1 aliphatic rings. The Balaban J connectivity index is 1.78. The van der Waals surface area contributed by atoms with Gasteiger partial charge in [0.25, 0.3) is 0 Å². The minimum Gasteiger partial charge on any atom is -0.496 e. The predicted molar refractivity (Wildman–Crippen MR) is 74.8 cm³/mol. The zero-order valence-electron chi connectivity index (χ0n) is 11.2. The summed E-state index contributed by atoms with van der Waals surface area (Å²) in [4.78, 5) is 0. The van der Waals surface area contributed by atoms with Crippen molar-refractivity contribution in [2.75, 3.05) is 7.11 Å². The third-order valence-corrected chi connectivity index (χ3v) is 3.69. The van der Waals surface area contributed by atoms with E-state index in [0.29, 0.717) is 24.2 Å². The van der Waals surface area contributed by atoms with Crippen molar-refractivity contribution in [2.24, 2.45) is 0 Å². The molecule has 1 heterocycles. The Morgan fingerprint density at radius 2 is 2.30 bits per heavy atom. The van der Waals surface area contributed by atoms with Gasteiger partial charge in [-0.2, -0.15) is 0 Å². The van der Waals surface area contributed by atoms with Crippen LogP contribution in [0.4, 0.5) is 0 Å². The molecule has 0 aliphatic heterocycles.